The molecule has 8 nitrogen and oxygen atoms in total. The molecule has 0 radical (unpaired) electrons. The number of fused-ring (bicyclic) bond motifs is 2. The van der Waals surface area contributed by atoms with Gasteiger partial charge in [-0.3, -0.25) is 15.6 Å². The van der Waals surface area contributed by atoms with E-state index in [2.05, 4.69) is 46.5 Å². The number of amides is 1. The zero-order valence-electron chi connectivity index (χ0n) is 17.8. The van der Waals surface area contributed by atoms with Gasteiger partial charge in [-0.1, -0.05) is 39.0 Å². The SMILES string of the molecule is CC1(C)CC2CC(C)(CN2c2ncnc(NNC(=O)COc3ccccc3)c2N)C1. The molecule has 1 saturated carbocycles. The quantitative estimate of drug-likeness (QED) is 0.629. The van der Waals surface area contributed by atoms with Crippen LogP contribution in [0.3, 0.4) is 0 Å². The van der Waals surface area contributed by atoms with Gasteiger partial charge in [0.05, 0.1) is 0 Å². The summed E-state index contributed by atoms with van der Waals surface area (Å²) < 4.78 is 5.45. The van der Waals surface area contributed by atoms with Crippen LogP contribution in [0.25, 0.3) is 0 Å². The first-order chi connectivity index (χ1) is 14.2. The molecule has 30 heavy (non-hydrogen) atoms. The smallest absolute Gasteiger partial charge is 0.276 e. The molecule has 2 aliphatic rings. The van der Waals surface area contributed by atoms with Crippen molar-refractivity contribution < 1.29 is 9.53 Å². The number of ether oxygens (including phenoxy) is 1. The molecule has 1 aromatic carbocycles. The number of rotatable bonds is 6. The van der Waals surface area contributed by atoms with Gasteiger partial charge in [-0.05, 0) is 42.2 Å². The molecule has 0 spiro atoms. The Morgan fingerprint density at radius 2 is 2.00 bits per heavy atom. The number of hydrogen-bond donors (Lipinski definition) is 3. The molecule has 4 N–H and O–H groups in total. The Morgan fingerprint density at radius 3 is 2.77 bits per heavy atom. The molecular formula is C22H30N6O2. The number of aromatic nitrogens is 2. The molecule has 2 heterocycles. The van der Waals surface area contributed by atoms with E-state index >= 15 is 0 Å². The Labute approximate surface area is 177 Å². The normalized spacial score (nSPS) is 24.4. The van der Waals surface area contributed by atoms with Crippen LogP contribution in [0.5, 0.6) is 5.75 Å². The highest BCUT2D eigenvalue weighted by Gasteiger charge is 2.50. The average Bonchev–Trinajstić information content (AvgIpc) is 2.95. The standard InChI is InChI=1S/C22H30N6O2/c1-21(2)9-15-10-22(3,12-21)13-28(15)20-18(23)19(24-14-25-20)27-26-17(29)11-30-16-7-5-4-6-8-16/h4-8,14-15H,9-13,23H2,1-3H3,(H,26,29)(H,24,25,27). The lowest BCUT2D eigenvalue weighted by molar-refractivity contribution is -0.122. The summed E-state index contributed by atoms with van der Waals surface area (Å²) in [6, 6.07) is 9.59. The number of nitrogens with zero attached hydrogens (tertiary/aromatic N) is 3. The second kappa shape index (κ2) is 7.66. The highest BCUT2D eigenvalue weighted by Crippen LogP contribution is 2.53. The fraction of sp³-hybridized carbons (Fsp3) is 0.500. The van der Waals surface area contributed by atoms with E-state index < -0.39 is 0 Å². The van der Waals surface area contributed by atoms with Gasteiger partial charge >= 0.3 is 0 Å². The van der Waals surface area contributed by atoms with Crippen molar-refractivity contribution >= 4 is 23.2 Å². The van der Waals surface area contributed by atoms with Crippen LogP contribution in [0.1, 0.15) is 40.0 Å². The molecular weight excluding hydrogens is 380 g/mol. The van der Waals surface area contributed by atoms with Gasteiger partial charge in [-0.15, -0.1) is 0 Å². The summed E-state index contributed by atoms with van der Waals surface area (Å²) in [5.41, 5.74) is 12.8. The van der Waals surface area contributed by atoms with E-state index in [9.17, 15) is 4.79 Å². The highest BCUT2D eigenvalue weighted by molar-refractivity contribution is 5.81. The van der Waals surface area contributed by atoms with E-state index in [0.29, 0.717) is 28.7 Å². The minimum atomic E-state index is -0.329. The summed E-state index contributed by atoms with van der Waals surface area (Å²) in [5.74, 6) is 1.42. The predicted molar refractivity (Wildman–Crippen MR) is 117 cm³/mol. The maximum absolute atomic E-state index is 12.1. The van der Waals surface area contributed by atoms with Crippen molar-refractivity contribution in [3.63, 3.8) is 0 Å². The lowest BCUT2D eigenvalue weighted by Crippen LogP contribution is -2.36. The van der Waals surface area contributed by atoms with Crippen molar-refractivity contribution in [3.05, 3.63) is 36.7 Å². The number of carbonyl (C=O) groups is 1. The lowest BCUT2D eigenvalue weighted by Gasteiger charge is -2.39. The minimum Gasteiger partial charge on any atom is -0.484 e. The van der Waals surface area contributed by atoms with Gasteiger partial charge < -0.3 is 15.4 Å². The fourth-order valence-electron chi connectivity index (χ4n) is 5.25. The molecule has 1 aliphatic heterocycles. The summed E-state index contributed by atoms with van der Waals surface area (Å²) in [6.07, 6.45) is 4.94. The van der Waals surface area contributed by atoms with Crippen LogP contribution in [-0.2, 0) is 4.79 Å². The molecule has 1 amide bonds. The lowest BCUT2D eigenvalue weighted by atomic mass is 9.65. The first-order valence-electron chi connectivity index (χ1n) is 10.3. The molecule has 2 fully saturated rings. The van der Waals surface area contributed by atoms with Crippen LogP contribution in [0, 0.1) is 10.8 Å². The number of nitrogens with one attached hydrogen (secondary N) is 2. The monoisotopic (exact) mass is 410 g/mol. The van der Waals surface area contributed by atoms with Gasteiger partial charge in [-0.25, -0.2) is 9.97 Å². The Balaban J connectivity index is 1.41. The van der Waals surface area contributed by atoms with Crippen LogP contribution in [0.15, 0.2) is 36.7 Å². The molecule has 2 unspecified atom stereocenters. The topological polar surface area (TPSA) is 105 Å². The maximum Gasteiger partial charge on any atom is 0.276 e. The molecule has 1 aliphatic carbocycles. The first-order valence-corrected chi connectivity index (χ1v) is 10.3. The van der Waals surface area contributed by atoms with Crippen molar-refractivity contribution in [2.45, 2.75) is 46.1 Å². The van der Waals surface area contributed by atoms with Crippen molar-refractivity contribution in [3.8, 4) is 5.75 Å². The summed E-state index contributed by atoms with van der Waals surface area (Å²) >= 11 is 0. The number of anilines is 3. The maximum atomic E-state index is 12.1. The number of carbonyl (C=O) groups excluding carboxylic acids is 1. The Bertz CT molecular complexity index is 919. The largest absolute Gasteiger partial charge is 0.484 e. The summed E-state index contributed by atoms with van der Waals surface area (Å²) in [7, 11) is 0. The Hall–Kier alpha value is -3.03. The van der Waals surface area contributed by atoms with Gasteiger partial charge in [0, 0.05) is 12.6 Å². The number of nitrogen functional groups attached to an aromatic ring is 1. The Morgan fingerprint density at radius 1 is 1.23 bits per heavy atom. The third kappa shape index (κ3) is 4.27. The van der Waals surface area contributed by atoms with E-state index in [0.717, 1.165) is 25.2 Å². The van der Waals surface area contributed by atoms with Gasteiger partial charge in [0.2, 0.25) is 0 Å². The van der Waals surface area contributed by atoms with E-state index in [4.69, 9.17) is 10.5 Å². The molecule has 4 rings (SSSR count). The van der Waals surface area contributed by atoms with Gasteiger partial charge in [-0.2, -0.15) is 0 Å². The molecule has 160 valence electrons. The van der Waals surface area contributed by atoms with Gasteiger partial charge in [0.1, 0.15) is 17.8 Å². The number of hydrazine groups is 1. The number of nitrogens with two attached hydrogens (primary N) is 1. The van der Waals surface area contributed by atoms with E-state index in [-0.39, 0.29) is 17.9 Å². The zero-order chi connectivity index (χ0) is 21.4. The molecule has 1 aromatic heterocycles. The summed E-state index contributed by atoms with van der Waals surface area (Å²) in [5, 5.41) is 0. The van der Waals surface area contributed by atoms with Crippen LogP contribution in [0.2, 0.25) is 0 Å². The molecule has 2 bridgehead atoms. The third-order valence-electron chi connectivity index (χ3n) is 5.98. The number of hydrogen-bond acceptors (Lipinski definition) is 7. The summed E-state index contributed by atoms with van der Waals surface area (Å²) in [6.45, 7) is 7.84. The number of para-hydroxylation sites is 1. The van der Waals surface area contributed by atoms with Gasteiger partial charge in [0.15, 0.2) is 18.2 Å². The molecule has 8 heteroatoms. The van der Waals surface area contributed by atoms with Crippen LogP contribution >= 0.6 is 0 Å². The van der Waals surface area contributed by atoms with E-state index in [1.54, 1.807) is 12.1 Å². The predicted octanol–water partition coefficient (Wildman–Crippen LogP) is 2.99. The highest BCUT2D eigenvalue weighted by atomic mass is 16.5. The van der Waals surface area contributed by atoms with Crippen LogP contribution < -0.4 is 26.2 Å². The number of benzene rings is 1. The minimum absolute atomic E-state index is 0.115. The summed E-state index contributed by atoms with van der Waals surface area (Å²) in [4.78, 5) is 23.1. The Kier molecular flexibility index (Phi) is 5.17. The van der Waals surface area contributed by atoms with Crippen molar-refractivity contribution in [1.29, 1.82) is 0 Å². The van der Waals surface area contributed by atoms with Crippen molar-refractivity contribution in [1.82, 2.24) is 15.4 Å². The fourth-order valence-corrected chi connectivity index (χ4v) is 5.25. The third-order valence-corrected chi connectivity index (χ3v) is 5.98. The van der Waals surface area contributed by atoms with E-state index in [1.807, 2.05) is 18.2 Å². The average molecular weight is 411 g/mol. The van der Waals surface area contributed by atoms with Gasteiger partial charge in [0.25, 0.3) is 5.91 Å². The second-order valence-electron chi connectivity index (χ2n) is 9.58. The molecule has 2 aromatic rings. The zero-order valence-corrected chi connectivity index (χ0v) is 17.8. The van der Waals surface area contributed by atoms with Crippen LogP contribution in [-0.4, -0.2) is 35.1 Å². The van der Waals surface area contributed by atoms with E-state index in [1.165, 1.54) is 12.7 Å². The second-order valence-corrected chi connectivity index (χ2v) is 9.58. The first kappa shape index (κ1) is 20.3. The molecule has 2 atom stereocenters. The van der Waals surface area contributed by atoms with Crippen molar-refractivity contribution in [2.75, 3.05) is 29.2 Å². The van der Waals surface area contributed by atoms with Crippen LogP contribution in [0.4, 0.5) is 17.3 Å². The molecule has 1 saturated heterocycles. The van der Waals surface area contributed by atoms with Crippen molar-refractivity contribution in [2.24, 2.45) is 10.8 Å².